The molecule has 1 aliphatic rings. The van der Waals surface area contributed by atoms with Gasteiger partial charge in [0.2, 0.25) is 0 Å². The van der Waals surface area contributed by atoms with E-state index in [4.69, 9.17) is 11.6 Å². The molecule has 0 aromatic carbocycles. The Balaban J connectivity index is 2.14. The zero-order valence-electron chi connectivity index (χ0n) is 9.05. The van der Waals surface area contributed by atoms with Gasteiger partial charge >= 0.3 is 5.97 Å². The Hall–Kier alpha value is -1.69. The molecule has 6 nitrogen and oxygen atoms in total. The third-order valence-corrected chi connectivity index (χ3v) is 2.92. The molecule has 0 atom stereocenters. The topological polar surface area (TPSA) is 69.4 Å². The summed E-state index contributed by atoms with van der Waals surface area (Å²) in [5.74, 6) is 0.171. The van der Waals surface area contributed by atoms with Crippen LogP contribution in [-0.4, -0.2) is 32.7 Å². The summed E-state index contributed by atoms with van der Waals surface area (Å²) >= 11 is 6.06. The van der Waals surface area contributed by atoms with E-state index in [1.807, 2.05) is 0 Å². The lowest BCUT2D eigenvalue weighted by molar-refractivity contribution is 0.0587. The summed E-state index contributed by atoms with van der Waals surface area (Å²) in [5.41, 5.74) is 0.909. The molecule has 2 aromatic heterocycles. The van der Waals surface area contributed by atoms with Crippen LogP contribution in [0.5, 0.6) is 0 Å². The molecule has 17 heavy (non-hydrogen) atoms. The van der Waals surface area contributed by atoms with Gasteiger partial charge in [-0.15, -0.1) is 5.10 Å². The highest BCUT2D eigenvalue weighted by atomic mass is 35.5. The number of fused-ring (bicyclic) bond motifs is 1. The number of carbonyl (C=O) groups excluding carboxylic acids is 1. The summed E-state index contributed by atoms with van der Waals surface area (Å²) < 4.78 is 5.88. The maximum atomic E-state index is 11.3. The molecule has 2 heterocycles. The second-order valence-corrected chi connectivity index (χ2v) is 4.30. The van der Waals surface area contributed by atoms with E-state index >= 15 is 0 Å². The predicted octanol–water partition coefficient (Wildman–Crippen LogP) is 1.44. The van der Waals surface area contributed by atoms with Gasteiger partial charge in [0.25, 0.3) is 11.6 Å². The van der Waals surface area contributed by atoms with Gasteiger partial charge in [-0.25, -0.2) is 9.78 Å². The quantitative estimate of drug-likeness (QED) is 0.598. The first-order valence-electron chi connectivity index (χ1n) is 5.20. The molecule has 88 valence electrons. The molecule has 0 N–H and O–H groups in total. The molecular formula is C10H9ClN4O2. The van der Waals surface area contributed by atoms with Gasteiger partial charge in [0.05, 0.1) is 12.8 Å². The Morgan fingerprint density at radius 2 is 2.29 bits per heavy atom. The van der Waals surface area contributed by atoms with Crippen LogP contribution in [0.2, 0.25) is 5.15 Å². The number of hydrogen-bond acceptors (Lipinski definition) is 5. The van der Waals surface area contributed by atoms with Crippen molar-refractivity contribution in [1.82, 2.24) is 19.6 Å². The lowest BCUT2D eigenvalue weighted by Gasteiger charge is -1.99. The van der Waals surface area contributed by atoms with Gasteiger partial charge < -0.3 is 4.74 Å². The summed E-state index contributed by atoms with van der Waals surface area (Å²) in [5, 5.41) is 4.34. The lowest BCUT2D eigenvalue weighted by Crippen LogP contribution is -2.03. The van der Waals surface area contributed by atoms with Gasteiger partial charge in [0.1, 0.15) is 5.15 Å². The number of rotatable bonds is 2. The molecule has 0 spiro atoms. The van der Waals surface area contributed by atoms with Gasteiger partial charge in [-0.2, -0.15) is 9.50 Å². The number of halogens is 1. The van der Waals surface area contributed by atoms with Gasteiger partial charge in [0.15, 0.2) is 0 Å². The van der Waals surface area contributed by atoms with E-state index in [0.717, 1.165) is 18.5 Å². The van der Waals surface area contributed by atoms with Crippen LogP contribution in [0.15, 0.2) is 6.07 Å². The van der Waals surface area contributed by atoms with Crippen molar-refractivity contribution < 1.29 is 9.53 Å². The highest BCUT2D eigenvalue weighted by Crippen LogP contribution is 2.39. The average Bonchev–Trinajstić information content (AvgIpc) is 3.08. The second kappa shape index (κ2) is 3.66. The van der Waals surface area contributed by atoms with Crippen LogP contribution in [0.25, 0.3) is 5.78 Å². The minimum absolute atomic E-state index is 0.0325. The summed E-state index contributed by atoms with van der Waals surface area (Å²) in [6.07, 6.45) is 2.25. The Morgan fingerprint density at radius 3 is 2.94 bits per heavy atom. The molecule has 0 bridgehead atoms. The highest BCUT2D eigenvalue weighted by molar-refractivity contribution is 6.29. The number of hydrogen-bond donors (Lipinski definition) is 0. The normalized spacial score (nSPS) is 15.2. The number of aromatic nitrogens is 4. The monoisotopic (exact) mass is 252 g/mol. The summed E-state index contributed by atoms with van der Waals surface area (Å²) in [7, 11) is 1.28. The number of nitrogens with zero attached hydrogens (tertiary/aromatic N) is 4. The average molecular weight is 253 g/mol. The Bertz CT molecular complexity index is 606. The van der Waals surface area contributed by atoms with E-state index in [0.29, 0.717) is 16.8 Å². The fraction of sp³-hybridized carbons (Fsp3) is 0.400. The molecule has 1 fully saturated rings. The molecule has 0 amide bonds. The second-order valence-electron chi connectivity index (χ2n) is 3.92. The van der Waals surface area contributed by atoms with Crippen molar-refractivity contribution in [2.75, 3.05) is 7.11 Å². The maximum Gasteiger partial charge on any atom is 0.378 e. The van der Waals surface area contributed by atoms with Crippen LogP contribution in [0, 0.1) is 0 Å². The van der Waals surface area contributed by atoms with Gasteiger partial charge in [0, 0.05) is 5.92 Å². The third kappa shape index (κ3) is 1.74. The molecule has 0 radical (unpaired) electrons. The molecular weight excluding hydrogens is 244 g/mol. The molecule has 7 heteroatoms. The van der Waals surface area contributed by atoms with Crippen LogP contribution in [0.4, 0.5) is 0 Å². The predicted molar refractivity (Wildman–Crippen MR) is 59.1 cm³/mol. The molecule has 0 aliphatic heterocycles. The van der Waals surface area contributed by atoms with Crippen LogP contribution < -0.4 is 0 Å². The minimum Gasteiger partial charge on any atom is -0.463 e. The van der Waals surface area contributed by atoms with Crippen molar-refractivity contribution >= 4 is 23.3 Å². The Labute approximate surface area is 102 Å². The fourth-order valence-electron chi connectivity index (χ4n) is 1.62. The first kappa shape index (κ1) is 10.5. The first-order chi connectivity index (χ1) is 8.19. The summed E-state index contributed by atoms with van der Waals surface area (Å²) in [6, 6.07) is 1.77. The lowest BCUT2D eigenvalue weighted by atomic mass is 10.3. The smallest absolute Gasteiger partial charge is 0.378 e. The summed E-state index contributed by atoms with van der Waals surface area (Å²) in [6.45, 7) is 0. The van der Waals surface area contributed by atoms with Gasteiger partial charge in [-0.1, -0.05) is 11.6 Å². The molecule has 0 saturated heterocycles. The van der Waals surface area contributed by atoms with E-state index in [-0.39, 0.29) is 5.82 Å². The van der Waals surface area contributed by atoms with Crippen molar-refractivity contribution in [3.63, 3.8) is 0 Å². The Morgan fingerprint density at radius 1 is 1.53 bits per heavy atom. The number of carbonyl (C=O) groups is 1. The van der Waals surface area contributed by atoms with Crippen molar-refractivity contribution in [2.24, 2.45) is 0 Å². The highest BCUT2D eigenvalue weighted by Gasteiger charge is 2.27. The standard InChI is InChI=1S/C10H9ClN4O2/c1-17-9(16)8-13-10-12-6(5-2-3-5)4-7(11)15(10)14-8/h4-5H,2-3H2,1H3. The summed E-state index contributed by atoms with van der Waals surface area (Å²) in [4.78, 5) is 19.6. The number of methoxy groups -OCH3 is 1. The van der Waals surface area contributed by atoms with E-state index < -0.39 is 5.97 Å². The van der Waals surface area contributed by atoms with Gasteiger partial charge in [-0.05, 0) is 18.9 Å². The van der Waals surface area contributed by atoms with Crippen molar-refractivity contribution in [3.8, 4) is 0 Å². The minimum atomic E-state index is -0.598. The fourth-order valence-corrected chi connectivity index (χ4v) is 1.84. The zero-order chi connectivity index (χ0) is 12.0. The molecule has 1 saturated carbocycles. The van der Waals surface area contributed by atoms with Crippen LogP contribution in [0.3, 0.4) is 0 Å². The maximum absolute atomic E-state index is 11.3. The van der Waals surface area contributed by atoms with Crippen LogP contribution >= 0.6 is 11.6 Å². The van der Waals surface area contributed by atoms with E-state index in [1.54, 1.807) is 6.07 Å². The SMILES string of the molecule is COC(=O)c1nc2nc(C3CC3)cc(Cl)n2n1. The third-order valence-electron chi connectivity index (χ3n) is 2.65. The van der Waals surface area contributed by atoms with Crippen molar-refractivity contribution in [1.29, 1.82) is 0 Å². The zero-order valence-corrected chi connectivity index (χ0v) is 9.81. The van der Waals surface area contributed by atoms with Gasteiger partial charge in [-0.3, -0.25) is 0 Å². The van der Waals surface area contributed by atoms with E-state index in [2.05, 4.69) is 19.8 Å². The Kier molecular flexibility index (Phi) is 2.25. The van der Waals surface area contributed by atoms with Crippen LogP contribution in [-0.2, 0) is 4.74 Å². The molecule has 3 rings (SSSR count). The first-order valence-corrected chi connectivity index (χ1v) is 5.58. The largest absolute Gasteiger partial charge is 0.463 e. The molecule has 0 unspecified atom stereocenters. The van der Waals surface area contributed by atoms with Crippen molar-refractivity contribution in [3.05, 3.63) is 22.7 Å². The van der Waals surface area contributed by atoms with E-state index in [9.17, 15) is 4.79 Å². The number of ether oxygens (including phenoxy) is 1. The number of esters is 1. The van der Waals surface area contributed by atoms with Crippen molar-refractivity contribution in [2.45, 2.75) is 18.8 Å². The van der Waals surface area contributed by atoms with E-state index in [1.165, 1.54) is 11.6 Å². The molecule has 2 aromatic rings. The van der Waals surface area contributed by atoms with Crippen LogP contribution in [0.1, 0.15) is 35.1 Å². The molecule has 1 aliphatic carbocycles.